The maximum atomic E-state index is 13.6. The molecule has 2 nitrogen and oxygen atoms in total. The van der Waals surface area contributed by atoms with Crippen LogP contribution in [0.15, 0.2) is 34.1 Å². The van der Waals surface area contributed by atoms with E-state index in [4.69, 9.17) is 5.11 Å². The number of benzene rings is 1. The summed E-state index contributed by atoms with van der Waals surface area (Å²) in [5.41, 5.74) is 0.712. The van der Waals surface area contributed by atoms with E-state index < -0.39 is 11.8 Å². The quantitative estimate of drug-likeness (QED) is 0.910. The van der Waals surface area contributed by atoms with Crippen LogP contribution in [0.5, 0.6) is 0 Å². The summed E-state index contributed by atoms with van der Waals surface area (Å²) in [6.07, 6.45) is 0. The summed E-state index contributed by atoms with van der Waals surface area (Å²) in [5.74, 6) is -1.46. The molecule has 0 aliphatic carbocycles. The minimum absolute atomic E-state index is 0.150. The molecule has 1 N–H and O–H groups in total. The van der Waals surface area contributed by atoms with Gasteiger partial charge in [0.05, 0.1) is 0 Å². The van der Waals surface area contributed by atoms with Gasteiger partial charge in [-0.25, -0.2) is 9.18 Å². The van der Waals surface area contributed by atoms with Gasteiger partial charge in [-0.1, -0.05) is 15.9 Å². The van der Waals surface area contributed by atoms with Crippen LogP contribution in [0, 0.1) is 5.82 Å². The van der Waals surface area contributed by atoms with Crippen molar-refractivity contribution >= 4 is 33.2 Å². The minimum atomic E-state index is -1.04. The third kappa shape index (κ3) is 2.01. The number of rotatable bonds is 2. The topological polar surface area (TPSA) is 37.3 Å². The van der Waals surface area contributed by atoms with Crippen molar-refractivity contribution in [3.63, 3.8) is 0 Å². The Hall–Kier alpha value is -1.20. The third-order valence-corrected chi connectivity index (χ3v) is 3.47. The molecule has 1 aromatic carbocycles. The van der Waals surface area contributed by atoms with Crippen molar-refractivity contribution < 1.29 is 14.3 Å². The summed E-state index contributed by atoms with van der Waals surface area (Å²) < 4.78 is 14.3. The van der Waals surface area contributed by atoms with Gasteiger partial charge in [0.25, 0.3) is 0 Å². The van der Waals surface area contributed by atoms with Gasteiger partial charge in [-0.05, 0) is 29.6 Å². The highest BCUT2D eigenvalue weighted by molar-refractivity contribution is 9.10. The molecule has 0 aliphatic rings. The Balaban J connectivity index is 2.62. The number of carboxylic acids is 1. The summed E-state index contributed by atoms with van der Waals surface area (Å²) >= 11 is 4.32. The third-order valence-electron chi connectivity index (χ3n) is 2.08. The van der Waals surface area contributed by atoms with Gasteiger partial charge in [-0.2, -0.15) is 0 Å². The van der Waals surface area contributed by atoms with Gasteiger partial charge in [0.1, 0.15) is 10.7 Å². The summed E-state index contributed by atoms with van der Waals surface area (Å²) in [4.78, 5) is 11.1. The standard InChI is InChI=1S/C11H6BrFO2S/c12-6-1-2-9(13)8(5-6)7-3-4-16-10(7)11(14)15/h1-5H,(H,14,15). The number of aromatic carboxylic acids is 1. The average molecular weight is 301 g/mol. The zero-order valence-electron chi connectivity index (χ0n) is 7.91. The Morgan fingerprint density at radius 1 is 1.31 bits per heavy atom. The Morgan fingerprint density at radius 3 is 2.75 bits per heavy atom. The number of halogens is 2. The van der Waals surface area contributed by atoms with E-state index in [2.05, 4.69) is 15.9 Å². The van der Waals surface area contributed by atoms with Gasteiger partial charge in [0.15, 0.2) is 0 Å². The lowest BCUT2D eigenvalue weighted by Gasteiger charge is -2.03. The first-order chi connectivity index (χ1) is 7.59. The molecule has 0 unspecified atom stereocenters. The van der Waals surface area contributed by atoms with Crippen molar-refractivity contribution in [2.24, 2.45) is 0 Å². The SMILES string of the molecule is O=C(O)c1sccc1-c1cc(Br)ccc1F. The van der Waals surface area contributed by atoms with Crippen molar-refractivity contribution in [3.8, 4) is 11.1 Å². The zero-order chi connectivity index (χ0) is 11.7. The molecule has 0 saturated carbocycles. The maximum Gasteiger partial charge on any atom is 0.346 e. The summed E-state index contributed by atoms with van der Waals surface area (Å²) in [7, 11) is 0. The van der Waals surface area contributed by atoms with E-state index in [9.17, 15) is 9.18 Å². The van der Waals surface area contributed by atoms with Gasteiger partial charge in [-0.3, -0.25) is 0 Å². The predicted molar refractivity (Wildman–Crippen MR) is 64.4 cm³/mol. The van der Waals surface area contributed by atoms with Gasteiger partial charge in [0.2, 0.25) is 0 Å². The Labute approximate surface area is 103 Å². The van der Waals surface area contributed by atoms with E-state index in [1.54, 1.807) is 23.6 Å². The first kappa shape index (κ1) is 11.3. The van der Waals surface area contributed by atoms with E-state index in [0.717, 1.165) is 11.3 Å². The zero-order valence-corrected chi connectivity index (χ0v) is 10.3. The number of hydrogen-bond donors (Lipinski definition) is 1. The van der Waals surface area contributed by atoms with Crippen molar-refractivity contribution in [1.82, 2.24) is 0 Å². The molecule has 0 aliphatic heterocycles. The second-order valence-corrected chi connectivity index (χ2v) is 4.92. The lowest BCUT2D eigenvalue weighted by Crippen LogP contribution is -1.95. The van der Waals surface area contributed by atoms with Gasteiger partial charge in [0, 0.05) is 15.6 Å². The van der Waals surface area contributed by atoms with Gasteiger partial charge in [-0.15, -0.1) is 11.3 Å². The highest BCUT2D eigenvalue weighted by atomic mass is 79.9. The Morgan fingerprint density at radius 2 is 2.06 bits per heavy atom. The van der Waals surface area contributed by atoms with Crippen LogP contribution in [0.25, 0.3) is 11.1 Å². The molecule has 16 heavy (non-hydrogen) atoms. The van der Waals surface area contributed by atoms with Gasteiger partial charge < -0.3 is 5.11 Å². The van der Waals surface area contributed by atoms with Crippen LogP contribution < -0.4 is 0 Å². The van der Waals surface area contributed by atoms with Crippen LogP contribution in [-0.2, 0) is 0 Å². The molecule has 1 heterocycles. The fraction of sp³-hybridized carbons (Fsp3) is 0. The summed E-state index contributed by atoms with van der Waals surface area (Å²) in [6.45, 7) is 0. The van der Waals surface area contributed by atoms with E-state index in [-0.39, 0.29) is 4.88 Å². The number of thiophene rings is 1. The first-order valence-corrected chi connectivity index (χ1v) is 6.03. The molecular formula is C11H6BrFO2S. The van der Waals surface area contributed by atoms with E-state index in [0.29, 0.717) is 15.6 Å². The molecule has 0 radical (unpaired) electrons. The molecule has 82 valence electrons. The first-order valence-electron chi connectivity index (χ1n) is 4.36. The van der Waals surface area contributed by atoms with E-state index >= 15 is 0 Å². The second-order valence-electron chi connectivity index (χ2n) is 3.09. The highest BCUT2D eigenvalue weighted by Crippen LogP contribution is 2.32. The van der Waals surface area contributed by atoms with Crippen LogP contribution in [-0.4, -0.2) is 11.1 Å². The molecular weight excluding hydrogens is 295 g/mol. The van der Waals surface area contributed by atoms with Gasteiger partial charge >= 0.3 is 5.97 Å². The number of carbonyl (C=O) groups is 1. The molecule has 5 heteroatoms. The molecule has 2 aromatic rings. The monoisotopic (exact) mass is 300 g/mol. The molecule has 0 fully saturated rings. The van der Waals surface area contributed by atoms with E-state index in [1.165, 1.54) is 6.07 Å². The molecule has 0 bridgehead atoms. The highest BCUT2D eigenvalue weighted by Gasteiger charge is 2.16. The van der Waals surface area contributed by atoms with Crippen molar-refractivity contribution in [2.45, 2.75) is 0 Å². The largest absolute Gasteiger partial charge is 0.477 e. The Kier molecular flexibility index (Phi) is 3.07. The van der Waals surface area contributed by atoms with Crippen LogP contribution >= 0.6 is 27.3 Å². The molecule has 0 amide bonds. The van der Waals surface area contributed by atoms with Crippen LogP contribution in [0.1, 0.15) is 9.67 Å². The fourth-order valence-corrected chi connectivity index (χ4v) is 2.50. The minimum Gasteiger partial charge on any atom is -0.477 e. The molecule has 2 rings (SSSR count). The van der Waals surface area contributed by atoms with E-state index in [1.807, 2.05) is 0 Å². The molecule has 1 aromatic heterocycles. The van der Waals surface area contributed by atoms with Crippen molar-refractivity contribution in [2.75, 3.05) is 0 Å². The fourth-order valence-electron chi connectivity index (χ4n) is 1.39. The van der Waals surface area contributed by atoms with Crippen molar-refractivity contribution in [1.29, 1.82) is 0 Å². The summed E-state index contributed by atoms with van der Waals surface area (Å²) in [6, 6.07) is 6.07. The van der Waals surface area contributed by atoms with Crippen LogP contribution in [0.4, 0.5) is 4.39 Å². The molecule has 0 atom stereocenters. The Bertz CT molecular complexity index is 551. The van der Waals surface area contributed by atoms with Crippen LogP contribution in [0.3, 0.4) is 0 Å². The maximum absolute atomic E-state index is 13.6. The normalized spacial score (nSPS) is 10.4. The number of carboxylic acid groups (broad SMARTS) is 1. The number of hydrogen-bond acceptors (Lipinski definition) is 2. The second kappa shape index (κ2) is 4.35. The lowest BCUT2D eigenvalue weighted by atomic mass is 10.1. The predicted octanol–water partition coefficient (Wildman–Crippen LogP) is 4.01. The lowest BCUT2D eigenvalue weighted by molar-refractivity contribution is 0.0703. The molecule has 0 spiro atoms. The van der Waals surface area contributed by atoms with Crippen LogP contribution in [0.2, 0.25) is 0 Å². The average Bonchev–Trinajstić information content (AvgIpc) is 2.70. The molecule has 0 saturated heterocycles. The smallest absolute Gasteiger partial charge is 0.346 e. The summed E-state index contributed by atoms with van der Waals surface area (Å²) in [5, 5.41) is 10.6. The van der Waals surface area contributed by atoms with Crippen molar-refractivity contribution in [3.05, 3.63) is 44.8 Å².